The van der Waals surface area contributed by atoms with Crippen LogP contribution in [0.1, 0.15) is 30.7 Å². The van der Waals surface area contributed by atoms with Gasteiger partial charge in [0.05, 0.1) is 6.67 Å². The molecule has 0 heterocycles. The molecule has 2 N–H and O–H groups in total. The van der Waals surface area contributed by atoms with Crippen LogP contribution in [0, 0.1) is 5.92 Å². The maximum Gasteiger partial charge on any atom is 0.0928 e. The van der Waals surface area contributed by atoms with Crippen molar-refractivity contribution < 1.29 is 4.39 Å². The van der Waals surface area contributed by atoms with Gasteiger partial charge in [-0.3, -0.25) is 4.39 Å². The molecule has 1 nitrogen and oxygen atoms in total. The van der Waals surface area contributed by atoms with Crippen molar-refractivity contribution >= 4 is 5.69 Å². The monoisotopic (exact) mass is 193 g/mol. The van der Waals surface area contributed by atoms with Gasteiger partial charge in [0.2, 0.25) is 0 Å². The van der Waals surface area contributed by atoms with Crippen molar-refractivity contribution in [1.29, 1.82) is 0 Å². The minimum absolute atomic E-state index is 0.195. The smallest absolute Gasteiger partial charge is 0.0928 e. The molecule has 2 rings (SSSR count). The lowest BCUT2D eigenvalue weighted by Gasteiger charge is -2.17. The van der Waals surface area contributed by atoms with E-state index in [0.29, 0.717) is 5.92 Å². The summed E-state index contributed by atoms with van der Waals surface area (Å²) in [6.45, 7) is -0.195. The Labute approximate surface area is 84.1 Å². The van der Waals surface area contributed by atoms with E-state index in [1.54, 1.807) is 0 Å². The summed E-state index contributed by atoms with van der Waals surface area (Å²) in [5, 5.41) is 0. The SMILES string of the molecule is Nc1cccc(C2CCCC2CF)c1. The van der Waals surface area contributed by atoms with Crippen LogP contribution >= 0.6 is 0 Å². The Morgan fingerprint density at radius 2 is 2.21 bits per heavy atom. The van der Waals surface area contributed by atoms with E-state index in [1.165, 1.54) is 5.56 Å². The lowest BCUT2D eigenvalue weighted by Crippen LogP contribution is -2.08. The number of benzene rings is 1. The topological polar surface area (TPSA) is 26.0 Å². The second kappa shape index (κ2) is 3.99. The van der Waals surface area contributed by atoms with Gasteiger partial charge in [0.1, 0.15) is 0 Å². The maximum atomic E-state index is 12.7. The zero-order chi connectivity index (χ0) is 9.97. The van der Waals surface area contributed by atoms with Gasteiger partial charge in [-0.15, -0.1) is 0 Å². The van der Waals surface area contributed by atoms with Crippen LogP contribution in [-0.4, -0.2) is 6.67 Å². The molecule has 1 saturated carbocycles. The molecule has 1 fully saturated rings. The Hall–Kier alpha value is -1.05. The molecule has 0 aliphatic heterocycles. The van der Waals surface area contributed by atoms with E-state index in [1.807, 2.05) is 18.2 Å². The molecular weight excluding hydrogens is 177 g/mol. The van der Waals surface area contributed by atoms with Gasteiger partial charge < -0.3 is 5.73 Å². The van der Waals surface area contributed by atoms with E-state index in [0.717, 1.165) is 24.9 Å². The second-order valence-electron chi connectivity index (χ2n) is 4.12. The number of hydrogen-bond acceptors (Lipinski definition) is 1. The predicted molar refractivity (Wildman–Crippen MR) is 56.9 cm³/mol. The summed E-state index contributed by atoms with van der Waals surface area (Å²) in [7, 11) is 0. The van der Waals surface area contributed by atoms with Crippen molar-refractivity contribution in [3.8, 4) is 0 Å². The van der Waals surface area contributed by atoms with Gasteiger partial charge >= 0.3 is 0 Å². The first-order chi connectivity index (χ1) is 6.81. The molecule has 2 heteroatoms. The number of nitrogen functional groups attached to an aromatic ring is 1. The highest BCUT2D eigenvalue weighted by Crippen LogP contribution is 2.40. The fourth-order valence-electron chi connectivity index (χ4n) is 2.45. The van der Waals surface area contributed by atoms with Crippen molar-refractivity contribution in [3.63, 3.8) is 0 Å². The highest BCUT2D eigenvalue weighted by molar-refractivity contribution is 5.42. The van der Waals surface area contributed by atoms with Gasteiger partial charge in [0.15, 0.2) is 0 Å². The molecule has 1 aromatic rings. The number of anilines is 1. The first-order valence-corrected chi connectivity index (χ1v) is 5.22. The van der Waals surface area contributed by atoms with Crippen LogP contribution in [0.4, 0.5) is 10.1 Å². The summed E-state index contributed by atoms with van der Waals surface area (Å²) in [5.74, 6) is 0.611. The average Bonchev–Trinajstić information content (AvgIpc) is 2.65. The van der Waals surface area contributed by atoms with Crippen molar-refractivity contribution in [2.24, 2.45) is 5.92 Å². The third-order valence-electron chi connectivity index (χ3n) is 3.20. The van der Waals surface area contributed by atoms with E-state index in [9.17, 15) is 4.39 Å². The Morgan fingerprint density at radius 3 is 2.93 bits per heavy atom. The van der Waals surface area contributed by atoms with E-state index in [-0.39, 0.29) is 12.6 Å². The Bertz CT molecular complexity index is 311. The summed E-state index contributed by atoms with van der Waals surface area (Å²) in [5.41, 5.74) is 7.72. The molecule has 2 atom stereocenters. The van der Waals surface area contributed by atoms with E-state index >= 15 is 0 Å². The quantitative estimate of drug-likeness (QED) is 0.717. The van der Waals surface area contributed by atoms with Crippen LogP contribution < -0.4 is 5.73 Å². The molecule has 1 aliphatic carbocycles. The zero-order valence-corrected chi connectivity index (χ0v) is 8.25. The Kier molecular flexibility index (Phi) is 2.71. The van der Waals surface area contributed by atoms with Gasteiger partial charge in [-0.1, -0.05) is 18.6 Å². The van der Waals surface area contributed by atoms with E-state index in [2.05, 4.69) is 6.07 Å². The van der Waals surface area contributed by atoms with Gasteiger partial charge in [-0.2, -0.15) is 0 Å². The first kappa shape index (κ1) is 9.50. The van der Waals surface area contributed by atoms with Crippen molar-refractivity contribution in [1.82, 2.24) is 0 Å². The second-order valence-corrected chi connectivity index (χ2v) is 4.12. The lowest BCUT2D eigenvalue weighted by atomic mass is 9.89. The number of hydrogen-bond donors (Lipinski definition) is 1. The molecule has 0 spiro atoms. The van der Waals surface area contributed by atoms with Crippen LogP contribution in [0.15, 0.2) is 24.3 Å². The lowest BCUT2D eigenvalue weighted by molar-refractivity contribution is 0.342. The van der Waals surface area contributed by atoms with Crippen LogP contribution in [0.3, 0.4) is 0 Å². The molecular formula is C12H16FN. The minimum atomic E-state index is -0.195. The normalized spacial score (nSPS) is 26.6. The molecule has 2 unspecified atom stereocenters. The molecule has 14 heavy (non-hydrogen) atoms. The van der Waals surface area contributed by atoms with Gasteiger partial charge in [-0.05, 0) is 42.4 Å². The molecule has 76 valence electrons. The van der Waals surface area contributed by atoms with Crippen molar-refractivity contribution in [2.75, 3.05) is 12.4 Å². The zero-order valence-electron chi connectivity index (χ0n) is 8.25. The number of rotatable bonds is 2. The van der Waals surface area contributed by atoms with Crippen LogP contribution in [0.2, 0.25) is 0 Å². The Morgan fingerprint density at radius 1 is 1.36 bits per heavy atom. The third-order valence-corrected chi connectivity index (χ3v) is 3.20. The Balaban J connectivity index is 2.21. The molecule has 0 radical (unpaired) electrons. The third kappa shape index (κ3) is 1.74. The van der Waals surface area contributed by atoms with Crippen LogP contribution in [-0.2, 0) is 0 Å². The van der Waals surface area contributed by atoms with Gasteiger partial charge in [0, 0.05) is 5.69 Å². The molecule has 0 saturated heterocycles. The standard InChI is InChI=1S/C12H16FN/c13-8-10-4-2-6-12(10)9-3-1-5-11(14)7-9/h1,3,5,7,10,12H,2,4,6,8,14H2. The summed E-state index contributed by atoms with van der Waals surface area (Å²) >= 11 is 0. The van der Waals surface area contributed by atoms with Crippen LogP contribution in [0.25, 0.3) is 0 Å². The molecule has 1 aliphatic rings. The number of nitrogens with two attached hydrogens (primary N) is 1. The molecule has 0 amide bonds. The van der Waals surface area contributed by atoms with E-state index in [4.69, 9.17) is 5.73 Å². The van der Waals surface area contributed by atoms with Gasteiger partial charge in [0.25, 0.3) is 0 Å². The summed E-state index contributed by atoms with van der Waals surface area (Å²) in [6, 6.07) is 7.88. The van der Waals surface area contributed by atoms with Crippen molar-refractivity contribution in [3.05, 3.63) is 29.8 Å². The van der Waals surface area contributed by atoms with Crippen LogP contribution in [0.5, 0.6) is 0 Å². The maximum absolute atomic E-state index is 12.7. The highest BCUT2D eigenvalue weighted by Gasteiger charge is 2.28. The molecule has 0 aromatic heterocycles. The fraction of sp³-hybridized carbons (Fsp3) is 0.500. The molecule has 0 bridgehead atoms. The predicted octanol–water partition coefficient (Wildman–Crippen LogP) is 3.12. The summed E-state index contributed by atoms with van der Waals surface area (Å²) in [6.07, 6.45) is 3.28. The fourth-order valence-corrected chi connectivity index (χ4v) is 2.45. The largest absolute Gasteiger partial charge is 0.399 e. The van der Waals surface area contributed by atoms with Crippen molar-refractivity contribution in [2.45, 2.75) is 25.2 Å². The summed E-state index contributed by atoms with van der Waals surface area (Å²) in [4.78, 5) is 0. The van der Waals surface area contributed by atoms with E-state index < -0.39 is 0 Å². The number of halogens is 1. The minimum Gasteiger partial charge on any atom is -0.399 e. The van der Waals surface area contributed by atoms with Gasteiger partial charge in [-0.25, -0.2) is 0 Å². The molecule has 1 aromatic carbocycles. The summed E-state index contributed by atoms with van der Waals surface area (Å²) < 4.78 is 12.7. The average molecular weight is 193 g/mol. The number of alkyl halides is 1. The highest BCUT2D eigenvalue weighted by atomic mass is 19.1. The first-order valence-electron chi connectivity index (χ1n) is 5.22.